The van der Waals surface area contributed by atoms with Gasteiger partial charge in [-0.15, -0.1) is 0 Å². The van der Waals surface area contributed by atoms with Crippen molar-refractivity contribution in [1.29, 1.82) is 0 Å². The summed E-state index contributed by atoms with van der Waals surface area (Å²) >= 11 is 12.9. The van der Waals surface area contributed by atoms with Gasteiger partial charge in [-0.2, -0.15) is 5.10 Å². The number of fused-ring (bicyclic) bond motifs is 1. The number of Topliss-reactive ketones (excluding diaryl/α,β-unsaturated/α-hetero) is 1. The van der Waals surface area contributed by atoms with Gasteiger partial charge in [-0.3, -0.25) is 14.7 Å². The molecule has 0 radical (unpaired) electrons. The number of nitrogens with one attached hydrogen (secondary N) is 2. The Bertz CT molecular complexity index is 1710. The maximum Gasteiger partial charge on any atom is 0.250 e. The molecular weight excluding hydrogens is 543 g/mol. The van der Waals surface area contributed by atoms with Gasteiger partial charge in [0.25, 0.3) is 0 Å². The van der Waals surface area contributed by atoms with Crippen LogP contribution in [0.1, 0.15) is 24.4 Å². The lowest BCUT2D eigenvalue weighted by molar-refractivity contribution is -0.118. The number of furan rings is 1. The Morgan fingerprint density at radius 3 is 2.36 bits per heavy atom. The minimum Gasteiger partial charge on any atom is -0.432 e. The van der Waals surface area contributed by atoms with Crippen molar-refractivity contribution in [2.24, 2.45) is 0 Å². The number of anilines is 1. The third kappa shape index (κ3) is 5.17. The molecular formula is C28H22Cl2N4O5. The first-order valence-corrected chi connectivity index (χ1v) is 12.5. The normalized spacial score (nSPS) is 11.6. The number of carbonyl (C=O) groups excluding carboxylic acids is 2. The van der Waals surface area contributed by atoms with E-state index in [4.69, 9.17) is 32.6 Å². The Hall–Kier alpha value is -4.02. The van der Waals surface area contributed by atoms with E-state index < -0.39 is 23.9 Å². The van der Waals surface area contributed by atoms with Crippen molar-refractivity contribution in [1.82, 2.24) is 15.2 Å². The van der Waals surface area contributed by atoms with Gasteiger partial charge in [0.1, 0.15) is 17.9 Å². The van der Waals surface area contributed by atoms with Gasteiger partial charge in [0, 0.05) is 27.9 Å². The van der Waals surface area contributed by atoms with Crippen LogP contribution in [0.5, 0.6) is 0 Å². The molecule has 1 amide bonds. The van der Waals surface area contributed by atoms with Gasteiger partial charge in [0.05, 0.1) is 22.3 Å². The number of pyridine rings is 1. The molecule has 0 atom stereocenters. The summed E-state index contributed by atoms with van der Waals surface area (Å²) < 4.78 is 5.83. The Kier molecular flexibility index (Phi) is 7.00. The van der Waals surface area contributed by atoms with Crippen molar-refractivity contribution in [2.75, 3.05) is 11.9 Å². The number of carbonyl (C=O) groups is 2. The summed E-state index contributed by atoms with van der Waals surface area (Å²) in [5.74, 6) is -1.84. The Morgan fingerprint density at radius 2 is 1.74 bits per heavy atom. The third-order valence-electron chi connectivity index (χ3n) is 6.06. The molecule has 5 rings (SSSR count). The average molecular weight is 565 g/mol. The molecule has 0 saturated carbocycles. The summed E-state index contributed by atoms with van der Waals surface area (Å²) in [6, 6.07) is 14.2. The average Bonchev–Trinajstić information content (AvgIpc) is 3.56. The van der Waals surface area contributed by atoms with Gasteiger partial charge in [-0.1, -0.05) is 47.5 Å². The molecule has 5 aromatic rings. The van der Waals surface area contributed by atoms with Crippen molar-refractivity contribution < 1.29 is 24.2 Å². The van der Waals surface area contributed by atoms with Crippen LogP contribution in [0.4, 0.5) is 5.69 Å². The number of rotatable bonds is 7. The zero-order valence-corrected chi connectivity index (χ0v) is 22.3. The minimum absolute atomic E-state index is 0.00755. The quantitative estimate of drug-likeness (QED) is 0.184. The van der Waals surface area contributed by atoms with Crippen LogP contribution in [0.25, 0.3) is 44.6 Å². The first-order chi connectivity index (χ1) is 18.6. The highest BCUT2D eigenvalue weighted by Gasteiger charge is 2.33. The fourth-order valence-corrected chi connectivity index (χ4v) is 4.51. The predicted octanol–water partition coefficient (Wildman–Crippen LogP) is 5.74. The molecule has 198 valence electrons. The molecule has 3 aromatic heterocycles. The number of amides is 1. The Balaban J connectivity index is 1.78. The number of ketones is 1. The molecule has 11 heteroatoms. The minimum atomic E-state index is -1.80. The molecule has 3 heterocycles. The van der Waals surface area contributed by atoms with Crippen LogP contribution in [-0.4, -0.2) is 49.3 Å². The third-order valence-corrected chi connectivity index (χ3v) is 6.63. The molecule has 9 nitrogen and oxygen atoms in total. The van der Waals surface area contributed by atoms with Gasteiger partial charge in [-0.25, -0.2) is 4.98 Å². The predicted molar refractivity (Wildman–Crippen MR) is 149 cm³/mol. The van der Waals surface area contributed by atoms with E-state index in [1.807, 2.05) is 12.1 Å². The number of aromatic amines is 1. The summed E-state index contributed by atoms with van der Waals surface area (Å²) in [5.41, 5.74) is 2.29. The largest absolute Gasteiger partial charge is 0.432 e. The van der Waals surface area contributed by atoms with Crippen LogP contribution in [-0.2, 0) is 4.79 Å². The fraction of sp³-hybridized carbons (Fsp3) is 0.143. The summed E-state index contributed by atoms with van der Waals surface area (Å²) in [6.07, 6.45) is 3.43. The van der Waals surface area contributed by atoms with Crippen LogP contribution in [0, 0.1) is 0 Å². The summed E-state index contributed by atoms with van der Waals surface area (Å²) in [5, 5.41) is 30.2. The Morgan fingerprint density at radius 1 is 1.03 bits per heavy atom. The molecule has 0 aliphatic rings. The van der Waals surface area contributed by atoms with Gasteiger partial charge >= 0.3 is 0 Å². The van der Waals surface area contributed by atoms with Crippen LogP contribution in [0.3, 0.4) is 0 Å². The second-order valence-electron chi connectivity index (χ2n) is 9.33. The number of hydrogen-bond acceptors (Lipinski definition) is 7. The maximum atomic E-state index is 13.0. The maximum absolute atomic E-state index is 13.0. The number of H-pyrrole nitrogens is 1. The summed E-state index contributed by atoms with van der Waals surface area (Å²) in [4.78, 5) is 29.9. The van der Waals surface area contributed by atoms with Gasteiger partial charge in [0.15, 0.2) is 5.76 Å². The molecule has 4 N–H and O–H groups in total. The second-order valence-corrected chi connectivity index (χ2v) is 10.2. The lowest BCUT2D eigenvalue weighted by Gasteiger charge is -2.14. The summed E-state index contributed by atoms with van der Waals surface area (Å²) in [7, 11) is 0. The summed E-state index contributed by atoms with van der Waals surface area (Å²) in [6.45, 7) is 1.79. The lowest BCUT2D eigenvalue weighted by atomic mass is 9.96. The smallest absolute Gasteiger partial charge is 0.250 e. The van der Waals surface area contributed by atoms with E-state index >= 15 is 0 Å². The highest BCUT2D eigenvalue weighted by Crippen LogP contribution is 2.42. The number of hydrogen-bond donors (Lipinski definition) is 4. The topological polar surface area (TPSA) is 141 Å². The van der Waals surface area contributed by atoms with Crippen LogP contribution in [0.2, 0.25) is 10.0 Å². The monoisotopic (exact) mass is 564 g/mol. The molecule has 0 aliphatic carbocycles. The number of aromatic nitrogens is 3. The van der Waals surface area contributed by atoms with Crippen molar-refractivity contribution in [3.63, 3.8) is 0 Å². The number of benzene rings is 2. The molecule has 0 bridgehead atoms. The molecule has 0 fully saturated rings. The fourth-order valence-electron chi connectivity index (χ4n) is 4.11. The molecule has 0 saturated heterocycles. The van der Waals surface area contributed by atoms with E-state index in [-0.39, 0.29) is 17.2 Å². The van der Waals surface area contributed by atoms with E-state index in [0.29, 0.717) is 32.3 Å². The SMILES string of the molecule is CC(C)(O)C(=O)c1oc2nc(-c3ccc(-c4cn[nH]c4)cc3Cl)c(-c3ccc(Cl)cc3)cc2c1NC(=O)CO. The van der Waals surface area contributed by atoms with Crippen molar-refractivity contribution >= 4 is 51.7 Å². The molecule has 2 aromatic carbocycles. The molecule has 0 unspecified atom stereocenters. The van der Waals surface area contributed by atoms with E-state index in [1.54, 1.807) is 48.8 Å². The van der Waals surface area contributed by atoms with Crippen LogP contribution >= 0.6 is 23.2 Å². The van der Waals surface area contributed by atoms with Crippen molar-refractivity contribution in [2.45, 2.75) is 19.4 Å². The van der Waals surface area contributed by atoms with E-state index in [0.717, 1.165) is 16.7 Å². The number of aliphatic hydroxyl groups is 2. The van der Waals surface area contributed by atoms with Crippen LogP contribution < -0.4 is 5.32 Å². The zero-order valence-electron chi connectivity index (χ0n) is 20.8. The first-order valence-electron chi connectivity index (χ1n) is 11.8. The van der Waals surface area contributed by atoms with Crippen molar-refractivity contribution in [3.05, 3.63) is 76.7 Å². The first kappa shape index (κ1) is 26.6. The van der Waals surface area contributed by atoms with E-state index in [1.165, 1.54) is 13.8 Å². The second kappa shape index (κ2) is 10.3. The van der Waals surface area contributed by atoms with Crippen molar-refractivity contribution in [3.8, 4) is 33.5 Å². The van der Waals surface area contributed by atoms with E-state index in [2.05, 4.69) is 15.5 Å². The number of aliphatic hydroxyl groups excluding tert-OH is 1. The molecule has 39 heavy (non-hydrogen) atoms. The highest BCUT2D eigenvalue weighted by molar-refractivity contribution is 6.34. The van der Waals surface area contributed by atoms with Gasteiger partial charge < -0.3 is 19.9 Å². The van der Waals surface area contributed by atoms with Gasteiger partial charge in [0.2, 0.25) is 17.4 Å². The lowest BCUT2D eigenvalue weighted by Crippen LogP contribution is -2.31. The molecule has 0 aliphatic heterocycles. The molecule has 0 spiro atoms. The number of halogens is 2. The van der Waals surface area contributed by atoms with E-state index in [9.17, 15) is 19.8 Å². The Labute approximate surface area is 232 Å². The van der Waals surface area contributed by atoms with Gasteiger partial charge in [-0.05, 0) is 49.2 Å². The highest BCUT2D eigenvalue weighted by atomic mass is 35.5. The number of nitrogens with zero attached hydrogens (tertiary/aromatic N) is 2. The van der Waals surface area contributed by atoms with Crippen LogP contribution in [0.15, 0.2) is 65.3 Å². The zero-order chi connectivity index (χ0) is 27.9. The standard InChI is InChI=1S/C28H22Cl2N4O5/c1-28(2,38)26(37)25-24(33-22(36)13-35)20-10-19(14-3-6-17(29)7-4-14)23(34-27(20)39-25)18-8-5-15(9-21(18)30)16-11-31-32-12-16/h3-12,35,38H,13H2,1-2H3,(H,31,32)(H,33,36).